The Morgan fingerprint density at radius 3 is 2.73 bits per heavy atom. The van der Waals surface area contributed by atoms with Gasteiger partial charge in [-0.05, 0) is 41.1 Å². The molecule has 3 rings (SSSR count). The maximum atomic E-state index is 12.2. The maximum absolute atomic E-state index is 12.2. The summed E-state index contributed by atoms with van der Waals surface area (Å²) in [6.45, 7) is 2.94. The van der Waals surface area contributed by atoms with Crippen LogP contribution in [-0.2, 0) is 17.9 Å². The molecule has 0 bridgehead atoms. The van der Waals surface area contributed by atoms with Crippen molar-refractivity contribution in [3.05, 3.63) is 61.5 Å². The highest BCUT2D eigenvalue weighted by molar-refractivity contribution is 14.1. The largest absolute Gasteiger partial charge is 0.308 e. The molecule has 0 atom stereocenters. The summed E-state index contributed by atoms with van der Waals surface area (Å²) >= 11 is 14.6. The van der Waals surface area contributed by atoms with Gasteiger partial charge >= 0.3 is 0 Å². The molecule has 0 saturated heterocycles. The number of rotatable bonds is 6. The highest BCUT2D eigenvalue weighted by Gasteiger charge is 2.13. The number of carbonyl (C=O) groups excluding carboxylic acids is 1. The lowest BCUT2D eigenvalue weighted by molar-refractivity contribution is -0.116. The number of carbonyl (C=O) groups is 1. The molecule has 3 aromatic rings. The molecule has 0 unspecified atom stereocenters. The minimum Gasteiger partial charge on any atom is -0.308 e. The van der Waals surface area contributed by atoms with E-state index in [1.54, 1.807) is 21.8 Å². The smallest absolute Gasteiger partial charge is 0.227 e. The molecule has 26 heavy (non-hydrogen) atoms. The van der Waals surface area contributed by atoms with E-state index in [-0.39, 0.29) is 12.3 Å². The van der Waals surface area contributed by atoms with Crippen LogP contribution in [0.5, 0.6) is 0 Å². The Morgan fingerprint density at radius 1 is 1.27 bits per heavy atom. The summed E-state index contributed by atoms with van der Waals surface area (Å²) in [6.07, 6.45) is 3.73. The minimum atomic E-state index is -0.167. The van der Waals surface area contributed by atoms with Gasteiger partial charge in [-0.15, -0.1) is 0 Å². The molecule has 0 aliphatic carbocycles. The van der Waals surface area contributed by atoms with Crippen LogP contribution in [0.3, 0.4) is 0 Å². The molecule has 0 spiro atoms. The molecule has 1 N–H and O–H groups in total. The second kappa shape index (κ2) is 8.41. The lowest BCUT2D eigenvalue weighted by atomic mass is 10.2. The second-order valence-electron chi connectivity index (χ2n) is 5.71. The van der Waals surface area contributed by atoms with Crippen LogP contribution in [0.4, 0.5) is 5.82 Å². The summed E-state index contributed by atoms with van der Waals surface area (Å²) in [5, 5.41) is 12.4. The van der Waals surface area contributed by atoms with Gasteiger partial charge in [0, 0.05) is 23.3 Å². The van der Waals surface area contributed by atoms with E-state index in [9.17, 15) is 4.79 Å². The number of nitrogens with one attached hydrogen (secondary N) is 1. The van der Waals surface area contributed by atoms with Crippen molar-refractivity contribution in [2.24, 2.45) is 0 Å². The van der Waals surface area contributed by atoms with Crippen LogP contribution in [0.25, 0.3) is 0 Å². The predicted molar refractivity (Wildman–Crippen MR) is 111 cm³/mol. The zero-order valence-electron chi connectivity index (χ0n) is 13.9. The van der Waals surface area contributed by atoms with Gasteiger partial charge in [-0.3, -0.25) is 14.2 Å². The number of nitrogens with zero attached hydrogens (tertiary/aromatic N) is 4. The van der Waals surface area contributed by atoms with Crippen LogP contribution in [0.1, 0.15) is 17.7 Å². The molecule has 1 aromatic carbocycles. The van der Waals surface area contributed by atoms with Crippen LogP contribution in [-0.4, -0.2) is 25.5 Å². The molecule has 0 radical (unpaired) electrons. The van der Waals surface area contributed by atoms with Crippen molar-refractivity contribution in [1.29, 1.82) is 0 Å². The fourth-order valence-corrected chi connectivity index (χ4v) is 3.21. The first-order chi connectivity index (χ1) is 12.4. The van der Waals surface area contributed by atoms with Crippen LogP contribution in [0.2, 0.25) is 10.0 Å². The van der Waals surface area contributed by atoms with Crippen molar-refractivity contribution in [1.82, 2.24) is 19.6 Å². The van der Waals surface area contributed by atoms with Crippen molar-refractivity contribution in [2.75, 3.05) is 5.32 Å². The number of amides is 1. The van der Waals surface area contributed by atoms with Gasteiger partial charge in [-0.1, -0.05) is 41.4 Å². The fraction of sp³-hybridized carbons (Fsp3) is 0.235. The summed E-state index contributed by atoms with van der Waals surface area (Å²) in [5.41, 5.74) is 1.97. The molecule has 6 nitrogen and oxygen atoms in total. The Bertz CT molecular complexity index is 937. The average molecular weight is 504 g/mol. The molecule has 9 heteroatoms. The van der Waals surface area contributed by atoms with Crippen molar-refractivity contribution in [2.45, 2.75) is 26.4 Å². The summed E-state index contributed by atoms with van der Waals surface area (Å²) < 4.78 is 4.53. The third kappa shape index (κ3) is 4.57. The van der Waals surface area contributed by atoms with E-state index in [2.05, 4.69) is 38.1 Å². The molecule has 0 saturated carbocycles. The minimum absolute atomic E-state index is 0.167. The van der Waals surface area contributed by atoms with E-state index in [1.807, 2.05) is 31.2 Å². The number of aromatic nitrogens is 4. The van der Waals surface area contributed by atoms with Gasteiger partial charge in [0.1, 0.15) is 5.02 Å². The zero-order chi connectivity index (χ0) is 18.7. The van der Waals surface area contributed by atoms with Gasteiger partial charge in [0.15, 0.2) is 5.82 Å². The third-order valence-corrected chi connectivity index (χ3v) is 5.56. The lowest BCUT2D eigenvalue weighted by Crippen LogP contribution is -2.16. The number of benzene rings is 1. The molecule has 0 aliphatic rings. The van der Waals surface area contributed by atoms with Gasteiger partial charge in [-0.25, -0.2) is 0 Å². The Labute approximate surface area is 174 Å². The van der Waals surface area contributed by atoms with Gasteiger partial charge < -0.3 is 5.32 Å². The number of halogens is 3. The molecule has 1 amide bonds. The Kier molecular flexibility index (Phi) is 6.20. The highest BCUT2D eigenvalue weighted by atomic mass is 127. The first kappa shape index (κ1) is 19.2. The Morgan fingerprint density at radius 2 is 2.04 bits per heavy atom. The van der Waals surface area contributed by atoms with E-state index < -0.39 is 0 Å². The zero-order valence-corrected chi connectivity index (χ0v) is 17.6. The predicted octanol–water partition coefficient (Wildman–Crippen LogP) is 4.38. The van der Waals surface area contributed by atoms with Crippen LogP contribution in [0.15, 0.2) is 36.7 Å². The van der Waals surface area contributed by atoms with Crippen LogP contribution >= 0.6 is 45.8 Å². The molecular formula is C17H16Cl2IN5O. The Balaban J connectivity index is 1.61. The maximum Gasteiger partial charge on any atom is 0.227 e. The molecule has 2 heterocycles. The molecule has 0 fully saturated rings. The van der Waals surface area contributed by atoms with Gasteiger partial charge in [0.2, 0.25) is 5.91 Å². The Hall–Kier alpha value is -1.58. The van der Waals surface area contributed by atoms with Crippen LogP contribution in [0, 0.1) is 10.5 Å². The second-order valence-corrected chi connectivity index (χ2v) is 7.69. The first-order valence-corrected chi connectivity index (χ1v) is 9.71. The van der Waals surface area contributed by atoms with Crippen molar-refractivity contribution in [3.8, 4) is 0 Å². The van der Waals surface area contributed by atoms with E-state index in [0.29, 0.717) is 29.0 Å². The monoisotopic (exact) mass is 503 g/mol. The van der Waals surface area contributed by atoms with Crippen LogP contribution < -0.4 is 5.32 Å². The molecule has 0 aliphatic heterocycles. The summed E-state index contributed by atoms with van der Waals surface area (Å²) in [5.74, 6) is 0.176. The molecule has 2 aromatic heterocycles. The third-order valence-electron chi connectivity index (χ3n) is 3.86. The van der Waals surface area contributed by atoms with Crippen molar-refractivity contribution >= 4 is 57.5 Å². The topological polar surface area (TPSA) is 64.7 Å². The fourth-order valence-electron chi connectivity index (χ4n) is 2.42. The van der Waals surface area contributed by atoms with Crippen molar-refractivity contribution < 1.29 is 4.79 Å². The number of hydrogen-bond acceptors (Lipinski definition) is 3. The van der Waals surface area contributed by atoms with E-state index in [1.165, 1.54) is 0 Å². The van der Waals surface area contributed by atoms with Gasteiger partial charge in [0.25, 0.3) is 0 Å². The average Bonchev–Trinajstić information content (AvgIpc) is 3.11. The normalized spacial score (nSPS) is 10.9. The highest BCUT2D eigenvalue weighted by Crippen LogP contribution is 2.22. The number of anilines is 1. The summed E-state index contributed by atoms with van der Waals surface area (Å²) in [7, 11) is 0. The standard InChI is InChI=1S/C17H16Cl2IN5O/c1-11-15(20)8-21-25(11)7-6-16(26)22-17-14(19)10-24(23-17)9-12-4-2-3-5-13(12)18/h2-5,8,10H,6-7,9H2,1H3,(H,22,23,26). The number of hydrogen-bond donors (Lipinski definition) is 1. The summed E-state index contributed by atoms with van der Waals surface area (Å²) in [4.78, 5) is 12.2. The molecular weight excluding hydrogens is 488 g/mol. The van der Waals surface area contributed by atoms with Gasteiger partial charge in [-0.2, -0.15) is 10.2 Å². The summed E-state index contributed by atoms with van der Waals surface area (Å²) in [6, 6.07) is 7.52. The quantitative estimate of drug-likeness (QED) is 0.508. The van der Waals surface area contributed by atoms with Gasteiger partial charge in [0.05, 0.1) is 22.9 Å². The van der Waals surface area contributed by atoms with E-state index in [0.717, 1.165) is 14.8 Å². The lowest BCUT2D eigenvalue weighted by Gasteiger charge is -2.06. The number of aryl methyl sites for hydroxylation is 1. The van der Waals surface area contributed by atoms with Crippen molar-refractivity contribution in [3.63, 3.8) is 0 Å². The van der Waals surface area contributed by atoms with E-state index >= 15 is 0 Å². The first-order valence-electron chi connectivity index (χ1n) is 7.88. The SMILES string of the molecule is Cc1c(I)cnn1CCC(=O)Nc1nn(Cc2ccccc2Cl)cc1Cl. The van der Waals surface area contributed by atoms with E-state index in [4.69, 9.17) is 23.2 Å². The molecule has 136 valence electrons.